The molecule has 0 spiro atoms. The highest BCUT2D eigenvalue weighted by Gasteiger charge is 2.43. The van der Waals surface area contributed by atoms with Crippen LogP contribution in [0.5, 0.6) is 5.75 Å². The number of carboxylic acid groups (broad SMARTS) is 2. The number of aliphatic hydroxyl groups is 1. The van der Waals surface area contributed by atoms with Crippen molar-refractivity contribution in [2.45, 2.75) is 156 Å². The molecule has 2 aromatic rings. The molecule has 16 nitrogen and oxygen atoms in total. The Morgan fingerprint density at radius 2 is 1.64 bits per heavy atom. The lowest BCUT2D eigenvalue weighted by Crippen LogP contribution is -2.53. The van der Waals surface area contributed by atoms with Crippen molar-refractivity contribution < 1.29 is 67.8 Å². The van der Waals surface area contributed by atoms with Gasteiger partial charge in [0.2, 0.25) is 5.91 Å². The summed E-state index contributed by atoms with van der Waals surface area (Å²) in [6, 6.07) is 13.7. The first-order valence-electron chi connectivity index (χ1n) is 24.6. The summed E-state index contributed by atoms with van der Waals surface area (Å²) in [4.78, 5) is 83.5. The zero-order valence-corrected chi connectivity index (χ0v) is 42.0. The number of aryl methyl sites for hydroxylation is 1. The number of cyclic esters (lactones) is 1. The fourth-order valence-electron chi connectivity index (χ4n) is 9.34. The number of carbonyl (C=O) groups is 7. The van der Waals surface area contributed by atoms with Gasteiger partial charge in [0.1, 0.15) is 35.6 Å². The van der Waals surface area contributed by atoms with Gasteiger partial charge in [-0.3, -0.25) is 29.3 Å². The Morgan fingerprint density at radius 3 is 2.27 bits per heavy atom. The molecular formula is C54H74N2O14. The normalized spacial score (nSPS) is 24.6. The molecule has 16 heteroatoms. The number of hydrogen-bond acceptors (Lipinski definition) is 13. The number of fused-ring (bicyclic) bond motifs is 1. The number of carbonyl (C=O) groups excluding carboxylic acids is 5. The van der Waals surface area contributed by atoms with Crippen LogP contribution >= 0.6 is 0 Å². The van der Waals surface area contributed by atoms with Gasteiger partial charge >= 0.3 is 35.8 Å². The Hall–Kier alpha value is -5.87. The van der Waals surface area contributed by atoms with Crippen LogP contribution < -0.4 is 10.1 Å². The molecule has 4 N–H and O–H groups in total. The van der Waals surface area contributed by atoms with Crippen LogP contribution in [-0.4, -0.2) is 112 Å². The summed E-state index contributed by atoms with van der Waals surface area (Å²) in [5.41, 5.74) is 1.86. The van der Waals surface area contributed by atoms with Crippen LogP contribution in [0.3, 0.4) is 0 Å². The van der Waals surface area contributed by atoms with Crippen molar-refractivity contribution in [1.82, 2.24) is 10.2 Å². The van der Waals surface area contributed by atoms with Crippen LogP contribution in [0.2, 0.25) is 0 Å². The van der Waals surface area contributed by atoms with Gasteiger partial charge in [0.25, 0.3) is 0 Å². The summed E-state index contributed by atoms with van der Waals surface area (Å²) in [7, 11) is 0. The summed E-state index contributed by atoms with van der Waals surface area (Å²) in [5, 5.41) is 30.9. The third kappa shape index (κ3) is 16.6. The standard InChI is InChI=1S/C25H38O5.C20H28N2O5.C9H8O4/c1-6-25(4,5)24(28)30-21-12-15(2)11-17-8-7-16(3)20(23(17)21)10-9-19-13-18(26)14-22(27)29-19;1-3-27-20(26)16(12-11-15-8-5-4-6-9-15)21-14(2)18(23)22-13-7-10-17(22)19(24)25;1-6(10)13-8-5-3-2-4-7(8)9(11)12/h7-8,11,15-16,18-21,23,26H,6,9-10,12-14H2,1-5H3;4-6,8-9,14,16-17,21H,3,7,10-13H2,1-2H3,(H,24,25);2-5H,1H3,(H,11,12)/t15-,16-,18+,19+,20-,21-,23-;14-,16-,17-;/m00./s1. The van der Waals surface area contributed by atoms with E-state index in [1.165, 1.54) is 29.5 Å². The lowest BCUT2D eigenvalue weighted by molar-refractivity contribution is -0.166. The molecule has 4 aliphatic rings. The van der Waals surface area contributed by atoms with Gasteiger partial charge in [0, 0.05) is 25.8 Å². The first kappa shape index (κ1) is 56.7. The molecule has 0 aromatic heterocycles. The van der Waals surface area contributed by atoms with Crippen LogP contribution in [-0.2, 0) is 49.4 Å². The van der Waals surface area contributed by atoms with E-state index in [1.54, 1.807) is 26.0 Å². The fraction of sp³-hybridized carbons (Fsp3) is 0.574. The molecule has 384 valence electrons. The number of likely N-dealkylation sites (tertiary alicyclic amines) is 1. The quantitative estimate of drug-likeness (QED) is 0.0683. The lowest BCUT2D eigenvalue weighted by Gasteiger charge is -2.44. The summed E-state index contributed by atoms with van der Waals surface area (Å²) < 4.78 is 21.4. The van der Waals surface area contributed by atoms with Gasteiger partial charge < -0.3 is 39.2 Å². The molecule has 0 unspecified atom stereocenters. The zero-order chi connectivity index (χ0) is 51.7. The predicted octanol–water partition coefficient (Wildman–Crippen LogP) is 7.50. The Balaban J connectivity index is 0.000000245. The second-order valence-electron chi connectivity index (χ2n) is 19.4. The summed E-state index contributed by atoms with van der Waals surface area (Å²) >= 11 is 0. The maximum Gasteiger partial charge on any atom is 0.339 e. The topological polar surface area (TPSA) is 232 Å². The van der Waals surface area contributed by atoms with E-state index < -0.39 is 53.5 Å². The predicted molar refractivity (Wildman–Crippen MR) is 260 cm³/mol. The van der Waals surface area contributed by atoms with Crippen LogP contribution in [0, 0.1) is 29.1 Å². The Kier molecular flexibility index (Phi) is 21.8. The Morgan fingerprint density at radius 1 is 0.957 bits per heavy atom. The third-order valence-electron chi connectivity index (χ3n) is 13.5. The van der Waals surface area contributed by atoms with Crippen molar-refractivity contribution in [1.29, 1.82) is 0 Å². The summed E-state index contributed by atoms with van der Waals surface area (Å²) in [6.45, 7) is 15.6. The van der Waals surface area contributed by atoms with Crippen molar-refractivity contribution in [3.05, 3.63) is 89.5 Å². The zero-order valence-electron chi connectivity index (χ0n) is 42.0. The van der Waals surface area contributed by atoms with E-state index in [4.69, 9.17) is 19.3 Å². The first-order valence-corrected chi connectivity index (χ1v) is 24.6. The molecule has 2 fully saturated rings. The third-order valence-corrected chi connectivity index (χ3v) is 13.5. The van der Waals surface area contributed by atoms with Gasteiger partial charge in [0.15, 0.2) is 0 Å². The smallest absolute Gasteiger partial charge is 0.339 e. The highest BCUT2D eigenvalue weighted by molar-refractivity contribution is 5.92. The Labute approximate surface area is 412 Å². The molecule has 2 aliphatic carbocycles. The van der Waals surface area contributed by atoms with E-state index in [0.29, 0.717) is 56.4 Å². The number of rotatable bonds is 17. The van der Waals surface area contributed by atoms with Crippen LogP contribution in [0.1, 0.15) is 129 Å². The fourth-order valence-corrected chi connectivity index (χ4v) is 9.34. The molecule has 2 aliphatic heterocycles. The number of nitrogens with one attached hydrogen (secondary N) is 1. The highest BCUT2D eigenvalue weighted by Crippen LogP contribution is 2.46. The number of benzene rings is 2. The number of esters is 4. The molecule has 2 saturated heterocycles. The minimum Gasteiger partial charge on any atom is -0.480 e. The number of amides is 1. The Bertz CT molecular complexity index is 2170. The maximum atomic E-state index is 12.9. The average Bonchev–Trinajstić information content (AvgIpc) is 3.81. The van der Waals surface area contributed by atoms with Crippen LogP contribution in [0.25, 0.3) is 0 Å². The molecule has 0 radical (unpaired) electrons. The van der Waals surface area contributed by atoms with E-state index in [1.807, 2.05) is 51.1 Å². The van der Waals surface area contributed by atoms with Gasteiger partial charge in [0.05, 0.1) is 30.6 Å². The SMILES string of the molecule is CC(=O)Oc1ccccc1C(=O)O.CCC(C)(C)C(=O)O[C@H]1C[C@@H](C)C=C2C=C[C@H](C)[C@H](CC[C@@H]3C[C@@H](O)CC(=O)O3)[C@H]21.CCOC(=O)[C@H](CCc1ccccc1)N[C@@H](C)C(=O)N1CCC[C@H]1C(=O)O. The molecule has 2 aromatic carbocycles. The average molecular weight is 975 g/mol. The van der Waals surface area contributed by atoms with E-state index >= 15 is 0 Å². The van der Waals surface area contributed by atoms with Crippen molar-refractivity contribution in [2.75, 3.05) is 13.2 Å². The summed E-state index contributed by atoms with van der Waals surface area (Å²) in [6.07, 6.45) is 11.9. The minimum atomic E-state index is -1.11. The lowest BCUT2D eigenvalue weighted by atomic mass is 9.65. The number of carboxylic acids is 2. The van der Waals surface area contributed by atoms with Crippen molar-refractivity contribution in [3.8, 4) is 5.75 Å². The number of aromatic carboxylic acids is 1. The highest BCUT2D eigenvalue weighted by atomic mass is 16.6. The molecule has 0 bridgehead atoms. The van der Waals surface area contributed by atoms with Crippen molar-refractivity contribution >= 4 is 41.7 Å². The van der Waals surface area contributed by atoms with E-state index in [2.05, 4.69) is 42.1 Å². The maximum absolute atomic E-state index is 12.9. The number of hydrogen-bond donors (Lipinski definition) is 4. The molecule has 6 rings (SSSR count). The second-order valence-corrected chi connectivity index (χ2v) is 19.4. The number of para-hydroxylation sites is 1. The number of aliphatic hydroxyl groups excluding tert-OH is 1. The van der Waals surface area contributed by atoms with Crippen molar-refractivity contribution in [3.63, 3.8) is 0 Å². The van der Waals surface area contributed by atoms with Gasteiger partial charge in [-0.15, -0.1) is 0 Å². The van der Waals surface area contributed by atoms with Gasteiger partial charge in [-0.25, -0.2) is 9.59 Å². The molecule has 0 saturated carbocycles. The number of nitrogens with zero attached hydrogens (tertiary/aromatic N) is 1. The van der Waals surface area contributed by atoms with Gasteiger partial charge in [-0.1, -0.05) is 81.5 Å². The van der Waals surface area contributed by atoms with Crippen LogP contribution in [0.15, 0.2) is 78.4 Å². The second kappa shape index (κ2) is 26.9. The molecule has 1 amide bonds. The van der Waals surface area contributed by atoms with E-state index in [-0.39, 0.29) is 60.3 Å². The minimum absolute atomic E-state index is 0.0160. The largest absolute Gasteiger partial charge is 0.480 e. The van der Waals surface area contributed by atoms with E-state index in [0.717, 1.165) is 31.2 Å². The monoisotopic (exact) mass is 975 g/mol. The number of ether oxygens (including phenoxy) is 4. The molecule has 10 atom stereocenters. The molecule has 70 heavy (non-hydrogen) atoms. The molecule has 2 heterocycles. The van der Waals surface area contributed by atoms with Gasteiger partial charge in [-0.05, 0) is 120 Å². The van der Waals surface area contributed by atoms with Gasteiger partial charge in [-0.2, -0.15) is 0 Å². The van der Waals surface area contributed by atoms with Crippen molar-refractivity contribution in [2.24, 2.45) is 29.1 Å². The first-order chi connectivity index (χ1) is 33.1. The number of aliphatic carboxylic acids is 1. The molecular weight excluding hydrogens is 901 g/mol. The van der Waals surface area contributed by atoms with Crippen LogP contribution in [0.4, 0.5) is 0 Å². The summed E-state index contributed by atoms with van der Waals surface area (Å²) in [5.74, 6) is -2.48. The number of allylic oxidation sites excluding steroid dienone is 3. The van der Waals surface area contributed by atoms with E-state index in [9.17, 15) is 43.8 Å².